The number of halogens is 1. The van der Waals surface area contributed by atoms with Crippen molar-refractivity contribution in [1.82, 2.24) is 10.3 Å². The molecule has 0 fully saturated rings. The van der Waals surface area contributed by atoms with Crippen molar-refractivity contribution in [3.8, 4) is 5.75 Å². The highest BCUT2D eigenvalue weighted by atomic mass is 32.1. The molecule has 19 heavy (non-hydrogen) atoms. The van der Waals surface area contributed by atoms with E-state index in [1.165, 1.54) is 12.1 Å². The minimum atomic E-state index is -0.277. The summed E-state index contributed by atoms with van der Waals surface area (Å²) in [5.74, 6) is 0.265. The highest BCUT2D eigenvalue weighted by Gasteiger charge is 2.04. The normalized spacial score (nSPS) is 10.7. The van der Waals surface area contributed by atoms with Crippen molar-refractivity contribution >= 4 is 11.3 Å². The van der Waals surface area contributed by atoms with Crippen LogP contribution in [0.2, 0.25) is 0 Å². The van der Waals surface area contributed by atoms with E-state index in [-0.39, 0.29) is 5.82 Å². The zero-order valence-electron chi connectivity index (χ0n) is 11.1. The monoisotopic (exact) mass is 280 g/mol. The summed E-state index contributed by atoms with van der Waals surface area (Å²) in [5.41, 5.74) is 1.86. The molecule has 0 amide bonds. The van der Waals surface area contributed by atoms with Crippen LogP contribution in [-0.4, -0.2) is 11.5 Å². The topological polar surface area (TPSA) is 34.1 Å². The van der Waals surface area contributed by atoms with Crippen molar-refractivity contribution in [1.29, 1.82) is 0 Å². The van der Waals surface area contributed by atoms with E-state index in [2.05, 4.69) is 10.3 Å². The van der Waals surface area contributed by atoms with Crippen molar-refractivity contribution in [3.63, 3.8) is 0 Å². The molecule has 0 unspecified atom stereocenters. The summed E-state index contributed by atoms with van der Waals surface area (Å²) in [6, 6.07) is 4.77. The Morgan fingerprint density at radius 3 is 2.89 bits per heavy atom. The van der Waals surface area contributed by atoms with Crippen LogP contribution in [0.15, 0.2) is 23.6 Å². The lowest BCUT2D eigenvalue weighted by Gasteiger charge is -2.08. The van der Waals surface area contributed by atoms with Gasteiger partial charge in [0.15, 0.2) is 0 Å². The first-order valence-electron chi connectivity index (χ1n) is 6.21. The van der Waals surface area contributed by atoms with Gasteiger partial charge in [0.2, 0.25) is 0 Å². The second-order valence-corrected chi connectivity index (χ2v) is 5.19. The van der Waals surface area contributed by atoms with E-state index >= 15 is 0 Å². The van der Waals surface area contributed by atoms with E-state index in [9.17, 15) is 4.39 Å². The van der Waals surface area contributed by atoms with Gasteiger partial charge in [-0.15, -0.1) is 11.3 Å². The third-order valence-electron chi connectivity index (χ3n) is 2.54. The third-order valence-corrected chi connectivity index (χ3v) is 3.48. The Kier molecular flexibility index (Phi) is 4.87. The Morgan fingerprint density at radius 2 is 2.21 bits per heavy atom. The number of ether oxygens (including phenoxy) is 1. The first-order chi connectivity index (χ1) is 9.17. The fourth-order valence-corrected chi connectivity index (χ4v) is 2.37. The van der Waals surface area contributed by atoms with Crippen LogP contribution in [0.1, 0.15) is 23.2 Å². The predicted molar refractivity (Wildman–Crippen MR) is 75.0 cm³/mol. The van der Waals surface area contributed by atoms with Gasteiger partial charge in [0.05, 0.1) is 0 Å². The number of nitrogens with zero attached hydrogens (tertiary/aromatic N) is 1. The summed E-state index contributed by atoms with van der Waals surface area (Å²) in [6.45, 7) is 5.83. The van der Waals surface area contributed by atoms with Gasteiger partial charge in [0, 0.05) is 23.7 Å². The number of benzene rings is 1. The van der Waals surface area contributed by atoms with Gasteiger partial charge in [-0.3, -0.25) is 0 Å². The number of rotatable bonds is 6. The highest BCUT2D eigenvalue weighted by Crippen LogP contribution is 2.19. The SMILES string of the molecule is CCNCc1cc(F)cc(OCc2nc(C)cs2)c1. The molecule has 2 aromatic rings. The van der Waals surface area contributed by atoms with E-state index < -0.39 is 0 Å². The number of hydrogen-bond acceptors (Lipinski definition) is 4. The molecule has 0 aliphatic carbocycles. The molecule has 0 spiro atoms. The lowest BCUT2D eigenvalue weighted by molar-refractivity contribution is 0.303. The van der Waals surface area contributed by atoms with E-state index in [1.54, 1.807) is 11.3 Å². The molecule has 0 saturated heterocycles. The molecule has 1 aromatic carbocycles. The van der Waals surface area contributed by atoms with Gasteiger partial charge >= 0.3 is 0 Å². The van der Waals surface area contributed by atoms with Crippen LogP contribution in [0, 0.1) is 12.7 Å². The van der Waals surface area contributed by atoms with E-state index in [0.717, 1.165) is 22.8 Å². The van der Waals surface area contributed by atoms with Gasteiger partial charge in [-0.1, -0.05) is 6.92 Å². The third kappa shape index (κ3) is 4.29. The molecule has 3 nitrogen and oxygen atoms in total. The molecule has 0 atom stereocenters. The molecule has 0 radical (unpaired) electrons. The molecule has 5 heteroatoms. The zero-order valence-corrected chi connectivity index (χ0v) is 11.9. The summed E-state index contributed by atoms with van der Waals surface area (Å²) in [5, 5.41) is 6.03. The Hall–Kier alpha value is -1.46. The van der Waals surface area contributed by atoms with Crippen LogP contribution in [-0.2, 0) is 13.2 Å². The second-order valence-electron chi connectivity index (χ2n) is 4.25. The maximum atomic E-state index is 13.5. The maximum Gasteiger partial charge on any atom is 0.140 e. The lowest BCUT2D eigenvalue weighted by Crippen LogP contribution is -2.12. The summed E-state index contributed by atoms with van der Waals surface area (Å²) in [6.07, 6.45) is 0. The van der Waals surface area contributed by atoms with E-state index in [4.69, 9.17) is 4.74 Å². The molecule has 0 bridgehead atoms. The largest absolute Gasteiger partial charge is 0.486 e. The molecule has 0 saturated carbocycles. The van der Waals surface area contributed by atoms with Gasteiger partial charge in [-0.2, -0.15) is 0 Å². The Bertz CT molecular complexity index is 542. The summed E-state index contributed by atoms with van der Waals surface area (Å²) < 4.78 is 19.1. The van der Waals surface area contributed by atoms with Gasteiger partial charge in [-0.05, 0) is 31.2 Å². The van der Waals surface area contributed by atoms with Crippen molar-refractivity contribution in [2.75, 3.05) is 6.54 Å². The summed E-state index contributed by atoms with van der Waals surface area (Å²) in [7, 11) is 0. The zero-order chi connectivity index (χ0) is 13.7. The Balaban J connectivity index is 2.01. The summed E-state index contributed by atoms with van der Waals surface area (Å²) in [4.78, 5) is 4.31. The molecule has 0 aliphatic heterocycles. The smallest absolute Gasteiger partial charge is 0.140 e. The van der Waals surface area contributed by atoms with Gasteiger partial charge in [0.1, 0.15) is 23.2 Å². The van der Waals surface area contributed by atoms with Crippen LogP contribution in [0.25, 0.3) is 0 Å². The van der Waals surface area contributed by atoms with Crippen LogP contribution < -0.4 is 10.1 Å². The molecule has 2 rings (SSSR count). The summed E-state index contributed by atoms with van der Waals surface area (Å²) >= 11 is 1.55. The minimum Gasteiger partial charge on any atom is -0.486 e. The fourth-order valence-electron chi connectivity index (χ4n) is 1.69. The Morgan fingerprint density at radius 1 is 1.37 bits per heavy atom. The first kappa shape index (κ1) is 14.0. The highest BCUT2D eigenvalue weighted by molar-refractivity contribution is 7.09. The standard InChI is InChI=1S/C14H17FN2OS/c1-3-16-7-11-4-12(15)6-13(5-11)18-8-14-17-10(2)9-19-14/h4-6,9,16H,3,7-8H2,1-2H3. The minimum absolute atomic E-state index is 0.277. The second kappa shape index (κ2) is 6.63. The fraction of sp³-hybridized carbons (Fsp3) is 0.357. The molecule has 1 N–H and O–H groups in total. The molecule has 102 valence electrons. The van der Waals surface area contributed by atoms with Gasteiger partial charge in [-0.25, -0.2) is 9.37 Å². The van der Waals surface area contributed by atoms with E-state index in [1.807, 2.05) is 25.3 Å². The quantitative estimate of drug-likeness (QED) is 0.881. The van der Waals surface area contributed by atoms with Crippen molar-refractivity contribution in [3.05, 3.63) is 45.7 Å². The number of thiazole rings is 1. The average Bonchev–Trinajstić information content (AvgIpc) is 2.79. The lowest BCUT2D eigenvalue weighted by atomic mass is 10.2. The van der Waals surface area contributed by atoms with Gasteiger partial charge < -0.3 is 10.1 Å². The van der Waals surface area contributed by atoms with Crippen LogP contribution in [0.5, 0.6) is 5.75 Å². The molecule has 1 aromatic heterocycles. The predicted octanol–water partition coefficient (Wildman–Crippen LogP) is 3.28. The Labute approximate surface area is 116 Å². The maximum absolute atomic E-state index is 13.5. The molecular weight excluding hydrogens is 263 g/mol. The van der Waals surface area contributed by atoms with Crippen molar-refractivity contribution in [2.45, 2.75) is 27.0 Å². The molecule has 1 heterocycles. The molecule has 0 aliphatic rings. The number of hydrogen-bond donors (Lipinski definition) is 1. The first-order valence-corrected chi connectivity index (χ1v) is 7.09. The number of aryl methyl sites for hydroxylation is 1. The average molecular weight is 280 g/mol. The number of nitrogens with one attached hydrogen (secondary N) is 1. The van der Waals surface area contributed by atoms with Crippen LogP contribution >= 0.6 is 11.3 Å². The number of aromatic nitrogens is 1. The van der Waals surface area contributed by atoms with Crippen LogP contribution in [0.3, 0.4) is 0 Å². The van der Waals surface area contributed by atoms with Crippen molar-refractivity contribution in [2.24, 2.45) is 0 Å². The van der Waals surface area contributed by atoms with E-state index in [0.29, 0.717) is 18.9 Å². The van der Waals surface area contributed by atoms with Crippen molar-refractivity contribution < 1.29 is 9.13 Å². The van der Waals surface area contributed by atoms with Crippen LogP contribution in [0.4, 0.5) is 4.39 Å². The molecular formula is C14H17FN2OS. The van der Waals surface area contributed by atoms with Gasteiger partial charge in [0.25, 0.3) is 0 Å².